The zero-order valence-corrected chi connectivity index (χ0v) is 15.3. The monoisotopic (exact) mass is 368 g/mol. The number of rotatable bonds is 6. The average molecular weight is 368 g/mol. The fourth-order valence-corrected chi connectivity index (χ4v) is 4.65. The third kappa shape index (κ3) is 4.72. The predicted octanol–water partition coefficient (Wildman–Crippen LogP) is 1.16. The van der Waals surface area contributed by atoms with Crippen LogP contribution >= 0.6 is 0 Å². The largest absolute Gasteiger partial charge is 0.452 e. The lowest BCUT2D eigenvalue weighted by Crippen LogP contribution is -2.43. The quantitative estimate of drug-likeness (QED) is 0.596. The highest BCUT2D eigenvalue weighted by atomic mass is 32.2. The lowest BCUT2D eigenvalue weighted by Gasteiger charge is -2.27. The summed E-state index contributed by atoms with van der Waals surface area (Å²) >= 11 is 0. The molecule has 2 rings (SSSR count). The Morgan fingerprint density at radius 3 is 2.68 bits per heavy atom. The van der Waals surface area contributed by atoms with Crippen LogP contribution < -0.4 is 5.73 Å². The smallest absolute Gasteiger partial charge is 0.340 e. The van der Waals surface area contributed by atoms with E-state index in [0.29, 0.717) is 25.1 Å². The topological polar surface area (TPSA) is 107 Å². The summed E-state index contributed by atoms with van der Waals surface area (Å²) in [6.45, 7) is 3.69. The fourth-order valence-electron chi connectivity index (χ4n) is 2.92. The number of benzene rings is 1. The molecule has 1 fully saturated rings. The number of hydrogen-bond acceptors (Lipinski definition) is 6. The molecular formula is C17H24N2O5S. The Morgan fingerprint density at radius 2 is 2.08 bits per heavy atom. The summed E-state index contributed by atoms with van der Waals surface area (Å²) in [6, 6.07) is 4.67. The van der Waals surface area contributed by atoms with Gasteiger partial charge in [-0.2, -0.15) is 0 Å². The van der Waals surface area contributed by atoms with Gasteiger partial charge in [-0.25, -0.2) is 13.2 Å². The Morgan fingerprint density at radius 1 is 1.36 bits per heavy atom. The predicted molar refractivity (Wildman–Crippen MR) is 94.9 cm³/mol. The number of esters is 1. The van der Waals surface area contributed by atoms with E-state index in [1.165, 1.54) is 4.90 Å². The molecule has 1 atom stereocenters. The molecule has 8 heteroatoms. The van der Waals surface area contributed by atoms with E-state index >= 15 is 0 Å². The van der Waals surface area contributed by atoms with Gasteiger partial charge in [0.25, 0.3) is 5.91 Å². The number of nitrogens with zero attached hydrogens (tertiary/aromatic N) is 1. The van der Waals surface area contributed by atoms with Crippen LogP contribution in [0.4, 0.5) is 5.69 Å². The Labute approximate surface area is 148 Å². The van der Waals surface area contributed by atoms with E-state index in [1.807, 2.05) is 6.92 Å². The summed E-state index contributed by atoms with van der Waals surface area (Å²) in [5.41, 5.74) is 7.16. The van der Waals surface area contributed by atoms with E-state index in [4.69, 9.17) is 10.5 Å². The molecule has 1 aromatic carbocycles. The zero-order chi connectivity index (χ0) is 18.6. The van der Waals surface area contributed by atoms with Crippen LogP contribution in [0.3, 0.4) is 0 Å². The van der Waals surface area contributed by atoms with Gasteiger partial charge in [0.1, 0.15) is 0 Å². The van der Waals surface area contributed by atoms with Crippen molar-refractivity contribution in [2.45, 2.75) is 32.7 Å². The van der Waals surface area contributed by atoms with Crippen molar-refractivity contribution in [3.63, 3.8) is 0 Å². The molecule has 0 spiro atoms. The van der Waals surface area contributed by atoms with Crippen LogP contribution in [0.2, 0.25) is 0 Å². The van der Waals surface area contributed by atoms with Gasteiger partial charge in [-0.15, -0.1) is 0 Å². The van der Waals surface area contributed by atoms with E-state index < -0.39 is 22.4 Å². The van der Waals surface area contributed by atoms with Crippen LogP contribution in [0, 0.1) is 6.92 Å². The molecule has 1 amide bonds. The number of para-hydroxylation sites is 1. The maximum atomic E-state index is 12.4. The summed E-state index contributed by atoms with van der Waals surface area (Å²) in [7, 11) is -3.10. The van der Waals surface area contributed by atoms with Gasteiger partial charge in [-0.3, -0.25) is 4.79 Å². The molecule has 138 valence electrons. The highest BCUT2D eigenvalue weighted by molar-refractivity contribution is 7.91. The summed E-state index contributed by atoms with van der Waals surface area (Å²) in [5, 5.41) is 0. The van der Waals surface area contributed by atoms with Crippen LogP contribution in [0.25, 0.3) is 0 Å². The molecule has 0 bridgehead atoms. The normalized spacial score (nSPS) is 18.7. The second kappa shape index (κ2) is 7.86. The van der Waals surface area contributed by atoms with Crippen LogP contribution in [0.1, 0.15) is 35.7 Å². The first-order valence-corrected chi connectivity index (χ1v) is 10.1. The van der Waals surface area contributed by atoms with Gasteiger partial charge in [0.15, 0.2) is 16.4 Å². The van der Waals surface area contributed by atoms with Crippen molar-refractivity contribution in [3.8, 4) is 0 Å². The molecular weight excluding hydrogens is 344 g/mol. The summed E-state index contributed by atoms with van der Waals surface area (Å²) in [6.07, 6.45) is 1.12. The van der Waals surface area contributed by atoms with Gasteiger partial charge in [0.05, 0.1) is 17.1 Å². The summed E-state index contributed by atoms with van der Waals surface area (Å²) < 4.78 is 28.4. The molecule has 1 aliphatic heterocycles. The highest BCUT2D eigenvalue weighted by Crippen LogP contribution is 2.20. The number of sulfone groups is 1. The molecule has 1 aliphatic rings. The minimum Gasteiger partial charge on any atom is -0.452 e. The second-order valence-corrected chi connectivity index (χ2v) is 8.48. The van der Waals surface area contributed by atoms with Crippen LogP contribution in [0.5, 0.6) is 0 Å². The van der Waals surface area contributed by atoms with Crippen molar-refractivity contribution in [2.24, 2.45) is 0 Å². The van der Waals surface area contributed by atoms with Crippen LogP contribution in [0.15, 0.2) is 18.2 Å². The SMILES string of the molecule is CCCN(C(=O)COC(=O)c1cccc(C)c1N)C1CCS(=O)(=O)C1. The molecule has 25 heavy (non-hydrogen) atoms. The van der Waals surface area contributed by atoms with Crippen molar-refractivity contribution in [2.75, 3.05) is 30.4 Å². The van der Waals surface area contributed by atoms with Crippen molar-refractivity contribution >= 4 is 27.4 Å². The Balaban J connectivity index is 2.01. The molecule has 7 nitrogen and oxygen atoms in total. The van der Waals surface area contributed by atoms with Gasteiger partial charge in [0.2, 0.25) is 0 Å². The lowest BCUT2D eigenvalue weighted by atomic mass is 10.1. The van der Waals surface area contributed by atoms with E-state index in [9.17, 15) is 18.0 Å². The van der Waals surface area contributed by atoms with Gasteiger partial charge >= 0.3 is 5.97 Å². The number of nitrogen functional groups attached to an aromatic ring is 1. The number of carbonyl (C=O) groups excluding carboxylic acids is 2. The van der Waals surface area contributed by atoms with E-state index in [2.05, 4.69) is 0 Å². The van der Waals surface area contributed by atoms with E-state index in [0.717, 1.165) is 5.56 Å². The maximum absolute atomic E-state index is 12.4. The van der Waals surface area contributed by atoms with Gasteiger partial charge in [0, 0.05) is 18.3 Å². The Bertz CT molecular complexity index is 760. The lowest BCUT2D eigenvalue weighted by molar-refractivity contribution is -0.136. The standard InChI is InChI=1S/C17H24N2O5S/c1-3-8-19(13-7-9-25(22,23)11-13)15(20)10-24-17(21)14-6-4-5-12(2)16(14)18/h4-6,13H,3,7-11,18H2,1-2H3. The van der Waals surface area contributed by atoms with Gasteiger partial charge < -0.3 is 15.4 Å². The molecule has 2 N–H and O–H groups in total. The minimum absolute atomic E-state index is 0.0302. The minimum atomic E-state index is -3.10. The molecule has 0 saturated carbocycles. The van der Waals surface area contributed by atoms with E-state index in [-0.39, 0.29) is 29.0 Å². The molecule has 1 unspecified atom stereocenters. The molecule has 0 aromatic heterocycles. The van der Waals surface area contributed by atoms with Crippen LogP contribution in [-0.4, -0.2) is 55.9 Å². The number of amides is 1. The zero-order valence-electron chi connectivity index (χ0n) is 14.5. The second-order valence-electron chi connectivity index (χ2n) is 6.26. The molecule has 1 aromatic rings. The van der Waals surface area contributed by atoms with Gasteiger partial charge in [-0.05, 0) is 31.4 Å². The first-order valence-electron chi connectivity index (χ1n) is 8.27. The first-order chi connectivity index (χ1) is 11.7. The van der Waals surface area contributed by atoms with Crippen molar-refractivity contribution in [1.82, 2.24) is 4.90 Å². The average Bonchev–Trinajstić information content (AvgIpc) is 2.92. The number of nitrogens with two attached hydrogens (primary N) is 1. The molecule has 0 aliphatic carbocycles. The Kier molecular flexibility index (Phi) is 6.05. The highest BCUT2D eigenvalue weighted by Gasteiger charge is 2.34. The Hall–Kier alpha value is -2.09. The van der Waals surface area contributed by atoms with Crippen molar-refractivity contribution in [1.29, 1.82) is 0 Å². The molecule has 1 saturated heterocycles. The fraction of sp³-hybridized carbons (Fsp3) is 0.529. The number of hydrogen-bond donors (Lipinski definition) is 1. The van der Waals surface area contributed by atoms with Crippen molar-refractivity contribution < 1.29 is 22.7 Å². The number of anilines is 1. The first kappa shape index (κ1) is 19.2. The third-order valence-electron chi connectivity index (χ3n) is 4.30. The van der Waals surface area contributed by atoms with Gasteiger partial charge in [-0.1, -0.05) is 19.1 Å². The maximum Gasteiger partial charge on any atom is 0.340 e. The third-order valence-corrected chi connectivity index (χ3v) is 6.06. The van der Waals surface area contributed by atoms with Crippen molar-refractivity contribution in [3.05, 3.63) is 29.3 Å². The molecule has 1 heterocycles. The summed E-state index contributed by atoms with van der Waals surface area (Å²) in [5.74, 6) is -0.990. The number of ether oxygens (including phenoxy) is 1. The summed E-state index contributed by atoms with van der Waals surface area (Å²) in [4.78, 5) is 26.1. The number of aryl methyl sites for hydroxylation is 1. The van der Waals surface area contributed by atoms with Crippen LogP contribution in [-0.2, 0) is 19.4 Å². The number of carbonyl (C=O) groups is 2. The molecule has 0 radical (unpaired) electrons. The van der Waals surface area contributed by atoms with E-state index in [1.54, 1.807) is 25.1 Å².